The van der Waals surface area contributed by atoms with Crippen LogP contribution in [0.3, 0.4) is 0 Å². The van der Waals surface area contributed by atoms with Gasteiger partial charge in [0.05, 0.1) is 12.7 Å². The quantitative estimate of drug-likeness (QED) is 0.480. The second-order valence-corrected chi connectivity index (χ2v) is 7.18. The molecular formula is C20H30N4O2. The number of methoxy groups -OCH3 is 1. The zero-order chi connectivity index (χ0) is 18.4. The molecular weight excluding hydrogens is 328 g/mol. The van der Waals surface area contributed by atoms with E-state index in [0.29, 0.717) is 18.2 Å². The molecule has 6 nitrogen and oxygen atoms in total. The van der Waals surface area contributed by atoms with E-state index in [-0.39, 0.29) is 5.97 Å². The highest BCUT2D eigenvalue weighted by Gasteiger charge is 2.30. The normalized spacial score (nSPS) is 21.8. The van der Waals surface area contributed by atoms with Gasteiger partial charge in [-0.2, -0.15) is 0 Å². The van der Waals surface area contributed by atoms with Crippen LogP contribution in [0.4, 0.5) is 0 Å². The molecule has 0 radical (unpaired) electrons. The van der Waals surface area contributed by atoms with Gasteiger partial charge in [0, 0.05) is 38.8 Å². The molecule has 1 unspecified atom stereocenters. The van der Waals surface area contributed by atoms with Crippen molar-refractivity contribution < 1.29 is 9.53 Å². The highest BCUT2D eigenvalue weighted by atomic mass is 16.5. The van der Waals surface area contributed by atoms with E-state index in [2.05, 4.69) is 20.5 Å². The number of carbonyl (C=O) groups excluding carboxylic acids is 1. The van der Waals surface area contributed by atoms with Crippen molar-refractivity contribution in [3.63, 3.8) is 0 Å². The molecule has 3 rings (SSSR count). The molecule has 2 N–H and O–H groups in total. The SMILES string of the molecule is CN=C(NCc1ccc(C(=O)OC)cc1)NC1CCN(C2CCCC2)C1. The first-order valence-electron chi connectivity index (χ1n) is 9.58. The summed E-state index contributed by atoms with van der Waals surface area (Å²) in [6.45, 7) is 2.97. The number of benzene rings is 1. The zero-order valence-corrected chi connectivity index (χ0v) is 15.8. The summed E-state index contributed by atoms with van der Waals surface area (Å²) < 4.78 is 4.72. The summed E-state index contributed by atoms with van der Waals surface area (Å²) in [6.07, 6.45) is 6.67. The maximum atomic E-state index is 11.5. The first-order valence-corrected chi connectivity index (χ1v) is 9.58. The van der Waals surface area contributed by atoms with E-state index >= 15 is 0 Å². The zero-order valence-electron chi connectivity index (χ0n) is 15.8. The molecule has 1 aromatic carbocycles. The van der Waals surface area contributed by atoms with E-state index in [4.69, 9.17) is 4.74 Å². The second kappa shape index (κ2) is 9.03. The Balaban J connectivity index is 1.45. The summed E-state index contributed by atoms with van der Waals surface area (Å²) in [5.41, 5.74) is 1.66. The lowest BCUT2D eigenvalue weighted by Gasteiger charge is -2.24. The number of guanidine groups is 1. The van der Waals surface area contributed by atoms with Crippen LogP contribution in [0.15, 0.2) is 29.3 Å². The van der Waals surface area contributed by atoms with Crippen molar-refractivity contribution in [3.05, 3.63) is 35.4 Å². The Morgan fingerprint density at radius 3 is 2.62 bits per heavy atom. The van der Waals surface area contributed by atoms with Crippen LogP contribution in [0.2, 0.25) is 0 Å². The number of likely N-dealkylation sites (tertiary alicyclic amines) is 1. The van der Waals surface area contributed by atoms with E-state index in [1.165, 1.54) is 45.8 Å². The molecule has 2 fully saturated rings. The van der Waals surface area contributed by atoms with Gasteiger partial charge < -0.3 is 15.4 Å². The third-order valence-corrected chi connectivity index (χ3v) is 5.46. The van der Waals surface area contributed by atoms with E-state index in [1.54, 1.807) is 19.2 Å². The van der Waals surface area contributed by atoms with E-state index in [0.717, 1.165) is 24.1 Å². The minimum atomic E-state index is -0.310. The van der Waals surface area contributed by atoms with Gasteiger partial charge in [-0.25, -0.2) is 4.79 Å². The number of nitrogens with zero attached hydrogens (tertiary/aromatic N) is 2. The molecule has 0 spiro atoms. The smallest absolute Gasteiger partial charge is 0.337 e. The van der Waals surface area contributed by atoms with Crippen LogP contribution in [-0.2, 0) is 11.3 Å². The Labute approximate surface area is 156 Å². The molecule has 1 aliphatic carbocycles. The lowest BCUT2D eigenvalue weighted by Crippen LogP contribution is -2.45. The Hall–Kier alpha value is -2.08. The number of hydrogen-bond donors (Lipinski definition) is 2. The van der Waals surface area contributed by atoms with Crippen LogP contribution >= 0.6 is 0 Å². The van der Waals surface area contributed by atoms with Gasteiger partial charge in [0.2, 0.25) is 0 Å². The molecule has 142 valence electrons. The average molecular weight is 358 g/mol. The fourth-order valence-corrected chi connectivity index (χ4v) is 3.96. The molecule has 6 heteroatoms. The van der Waals surface area contributed by atoms with Gasteiger partial charge in [0.1, 0.15) is 0 Å². The van der Waals surface area contributed by atoms with Gasteiger partial charge in [0.15, 0.2) is 5.96 Å². The Kier molecular flexibility index (Phi) is 6.50. The molecule has 2 aliphatic rings. The summed E-state index contributed by atoms with van der Waals surface area (Å²) in [6, 6.07) is 8.70. The standard InChI is InChI=1S/C20H30N4O2/c1-21-20(22-13-15-7-9-16(10-8-15)19(25)26-2)23-17-11-12-24(14-17)18-5-3-4-6-18/h7-10,17-18H,3-6,11-14H2,1-2H3,(H2,21,22,23). The third kappa shape index (κ3) is 4.75. The van der Waals surface area contributed by atoms with Crippen LogP contribution in [0.1, 0.15) is 48.0 Å². The van der Waals surface area contributed by atoms with Gasteiger partial charge in [-0.05, 0) is 37.0 Å². The Morgan fingerprint density at radius 2 is 1.96 bits per heavy atom. The monoisotopic (exact) mass is 358 g/mol. The fraction of sp³-hybridized carbons (Fsp3) is 0.600. The van der Waals surface area contributed by atoms with Crippen LogP contribution < -0.4 is 10.6 Å². The number of ether oxygens (including phenoxy) is 1. The minimum Gasteiger partial charge on any atom is -0.465 e. The molecule has 0 bridgehead atoms. The first kappa shape index (κ1) is 18.7. The van der Waals surface area contributed by atoms with E-state index in [1.807, 2.05) is 12.1 Å². The van der Waals surface area contributed by atoms with Crippen molar-refractivity contribution >= 4 is 11.9 Å². The van der Waals surface area contributed by atoms with Gasteiger partial charge >= 0.3 is 5.97 Å². The fourth-order valence-electron chi connectivity index (χ4n) is 3.96. The van der Waals surface area contributed by atoms with Gasteiger partial charge in [0.25, 0.3) is 0 Å². The van der Waals surface area contributed by atoms with Gasteiger partial charge in [-0.3, -0.25) is 9.89 Å². The number of hydrogen-bond acceptors (Lipinski definition) is 4. The summed E-state index contributed by atoms with van der Waals surface area (Å²) in [7, 11) is 3.20. The molecule has 26 heavy (non-hydrogen) atoms. The van der Waals surface area contributed by atoms with Crippen molar-refractivity contribution in [3.8, 4) is 0 Å². The van der Waals surface area contributed by atoms with Crippen molar-refractivity contribution in [2.45, 2.75) is 50.7 Å². The Bertz CT molecular complexity index is 623. The molecule has 1 heterocycles. The lowest BCUT2D eigenvalue weighted by atomic mass is 10.1. The highest BCUT2D eigenvalue weighted by molar-refractivity contribution is 5.89. The summed E-state index contributed by atoms with van der Waals surface area (Å²) in [5.74, 6) is 0.523. The number of aliphatic imine (C=N–C) groups is 1. The Morgan fingerprint density at radius 1 is 1.23 bits per heavy atom. The number of nitrogens with one attached hydrogen (secondary N) is 2. The van der Waals surface area contributed by atoms with Crippen molar-refractivity contribution in [2.24, 2.45) is 4.99 Å². The number of esters is 1. The van der Waals surface area contributed by atoms with Crippen LogP contribution in [0.5, 0.6) is 0 Å². The minimum absolute atomic E-state index is 0.310. The summed E-state index contributed by atoms with van der Waals surface area (Å²) in [5, 5.41) is 6.92. The average Bonchev–Trinajstić information content (AvgIpc) is 3.36. The van der Waals surface area contributed by atoms with Crippen molar-refractivity contribution in [2.75, 3.05) is 27.2 Å². The lowest BCUT2D eigenvalue weighted by molar-refractivity contribution is 0.0600. The maximum Gasteiger partial charge on any atom is 0.337 e. The van der Waals surface area contributed by atoms with Crippen LogP contribution in [0, 0.1) is 0 Å². The molecule has 1 atom stereocenters. The second-order valence-electron chi connectivity index (χ2n) is 7.18. The van der Waals surface area contributed by atoms with Gasteiger partial charge in [-0.1, -0.05) is 25.0 Å². The van der Waals surface area contributed by atoms with Crippen LogP contribution in [-0.4, -0.2) is 56.2 Å². The van der Waals surface area contributed by atoms with Gasteiger partial charge in [-0.15, -0.1) is 0 Å². The highest BCUT2D eigenvalue weighted by Crippen LogP contribution is 2.26. The number of carbonyl (C=O) groups is 1. The van der Waals surface area contributed by atoms with Crippen LogP contribution in [0.25, 0.3) is 0 Å². The maximum absolute atomic E-state index is 11.5. The molecule has 0 amide bonds. The largest absolute Gasteiger partial charge is 0.465 e. The topological polar surface area (TPSA) is 66.0 Å². The van der Waals surface area contributed by atoms with Crippen molar-refractivity contribution in [1.29, 1.82) is 0 Å². The predicted octanol–water partition coefficient (Wildman–Crippen LogP) is 2.16. The van der Waals surface area contributed by atoms with E-state index < -0.39 is 0 Å². The molecule has 1 saturated carbocycles. The summed E-state index contributed by atoms with van der Waals surface area (Å²) in [4.78, 5) is 18.5. The number of rotatable bonds is 5. The molecule has 1 aromatic rings. The van der Waals surface area contributed by atoms with E-state index in [9.17, 15) is 4.79 Å². The third-order valence-electron chi connectivity index (χ3n) is 5.46. The predicted molar refractivity (Wildman–Crippen MR) is 103 cm³/mol. The molecule has 1 aliphatic heterocycles. The molecule has 0 aromatic heterocycles. The summed E-state index contributed by atoms with van der Waals surface area (Å²) >= 11 is 0. The van der Waals surface area contributed by atoms with Crippen molar-refractivity contribution in [1.82, 2.24) is 15.5 Å². The molecule has 1 saturated heterocycles. The first-order chi connectivity index (χ1) is 12.7.